The van der Waals surface area contributed by atoms with Gasteiger partial charge in [0.2, 0.25) is 5.91 Å². The van der Waals surface area contributed by atoms with Crippen LogP contribution in [0.4, 0.5) is 5.69 Å². The Balaban J connectivity index is 1.55. The van der Waals surface area contributed by atoms with Gasteiger partial charge in [0.15, 0.2) is 11.0 Å². The second kappa shape index (κ2) is 10.7. The second-order valence-corrected chi connectivity index (χ2v) is 8.68. The van der Waals surface area contributed by atoms with E-state index in [1.54, 1.807) is 30.3 Å². The molecular formula is C24H20Cl2N4O2S. The number of hydrogen-bond acceptors (Lipinski definition) is 5. The molecule has 1 N–H and O–H groups in total. The number of hydrogen-bond donors (Lipinski definition) is 1. The second-order valence-electron chi connectivity index (χ2n) is 6.89. The number of carbonyl (C=O) groups excluding carboxylic acids is 1. The zero-order valence-corrected chi connectivity index (χ0v) is 20.0. The Hall–Kier alpha value is -3.00. The molecule has 0 bridgehead atoms. The molecule has 0 atom stereocenters. The Morgan fingerprint density at radius 1 is 1.00 bits per heavy atom. The monoisotopic (exact) mass is 498 g/mol. The highest BCUT2D eigenvalue weighted by molar-refractivity contribution is 7.99. The molecule has 0 saturated heterocycles. The van der Waals surface area contributed by atoms with E-state index in [0.29, 0.717) is 33.3 Å². The van der Waals surface area contributed by atoms with Crippen LogP contribution in [0.2, 0.25) is 10.0 Å². The van der Waals surface area contributed by atoms with Gasteiger partial charge in [0.05, 0.1) is 17.4 Å². The van der Waals surface area contributed by atoms with E-state index >= 15 is 0 Å². The highest BCUT2D eigenvalue weighted by atomic mass is 35.5. The van der Waals surface area contributed by atoms with Gasteiger partial charge >= 0.3 is 0 Å². The van der Waals surface area contributed by atoms with Crippen LogP contribution in [-0.2, 0) is 4.79 Å². The summed E-state index contributed by atoms with van der Waals surface area (Å²) in [5.41, 5.74) is 2.25. The fourth-order valence-electron chi connectivity index (χ4n) is 3.13. The third kappa shape index (κ3) is 5.68. The molecule has 9 heteroatoms. The van der Waals surface area contributed by atoms with Crippen molar-refractivity contribution in [3.8, 4) is 22.8 Å². The molecule has 0 aliphatic rings. The molecule has 1 amide bonds. The van der Waals surface area contributed by atoms with Gasteiger partial charge in [0, 0.05) is 22.0 Å². The van der Waals surface area contributed by atoms with Crippen LogP contribution in [0.25, 0.3) is 17.1 Å². The predicted molar refractivity (Wildman–Crippen MR) is 134 cm³/mol. The summed E-state index contributed by atoms with van der Waals surface area (Å²) in [6.07, 6.45) is 0. The van der Waals surface area contributed by atoms with Gasteiger partial charge in [-0.15, -0.1) is 10.2 Å². The number of anilines is 1. The number of halogens is 2. The van der Waals surface area contributed by atoms with Gasteiger partial charge in [-0.05, 0) is 67.6 Å². The van der Waals surface area contributed by atoms with Crippen molar-refractivity contribution in [3.05, 3.63) is 82.8 Å². The Morgan fingerprint density at radius 3 is 2.42 bits per heavy atom. The fraction of sp³-hybridized carbons (Fsp3) is 0.125. The van der Waals surface area contributed by atoms with Crippen LogP contribution in [0, 0.1) is 0 Å². The van der Waals surface area contributed by atoms with Gasteiger partial charge < -0.3 is 10.1 Å². The molecule has 0 saturated carbocycles. The third-order valence-electron chi connectivity index (χ3n) is 4.61. The van der Waals surface area contributed by atoms with Crippen LogP contribution in [0.5, 0.6) is 5.75 Å². The van der Waals surface area contributed by atoms with Crippen LogP contribution in [0.3, 0.4) is 0 Å². The minimum atomic E-state index is -0.158. The number of carbonyl (C=O) groups is 1. The lowest BCUT2D eigenvalue weighted by Gasteiger charge is -2.11. The van der Waals surface area contributed by atoms with Gasteiger partial charge in [0.25, 0.3) is 0 Å². The van der Waals surface area contributed by atoms with E-state index in [1.807, 2.05) is 54.0 Å². The topological polar surface area (TPSA) is 69.0 Å². The van der Waals surface area contributed by atoms with Crippen LogP contribution in [0.1, 0.15) is 6.92 Å². The maximum absolute atomic E-state index is 12.6. The average Bonchev–Trinajstić information content (AvgIpc) is 3.24. The number of amides is 1. The zero-order valence-electron chi connectivity index (χ0n) is 17.7. The first-order valence-corrected chi connectivity index (χ1v) is 11.9. The van der Waals surface area contributed by atoms with Crippen LogP contribution >= 0.6 is 35.0 Å². The molecule has 0 unspecified atom stereocenters. The molecule has 1 heterocycles. The SMILES string of the molecule is CCOc1ccc(NC(=O)CSc2nnc(-c3ccccc3Cl)n2-c2ccc(Cl)cc2)cc1. The van der Waals surface area contributed by atoms with Crippen molar-refractivity contribution in [1.29, 1.82) is 0 Å². The van der Waals surface area contributed by atoms with Gasteiger partial charge in [-0.25, -0.2) is 0 Å². The molecule has 0 aliphatic heterocycles. The lowest BCUT2D eigenvalue weighted by molar-refractivity contribution is -0.113. The normalized spacial score (nSPS) is 10.8. The lowest BCUT2D eigenvalue weighted by atomic mass is 10.2. The molecule has 1 aromatic heterocycles. The van der Waals surface area contributed by atoms with Crippen molar-refractivity contribution in [2.45, 2.75) is 12.1 Å². The molecule has 0 radical (unpaired) electrons. The maximum atomic E-state index is 12.6. The lowest BCUT2D eigenvalue weighted by Crippen LogP contribution is -2.14. The maximum Gasteiger partial charge on any atom is 0.234 e. The van der Waals surface area contributed by atoms with Crippen molar-refractivity contribution in [2.24, 2.45) is 0 Å². The first-order chi connectivity index (χ1) is 16.0. The number of aromatic nitrogens is 3. The molecule has 33 heavy (non-hydrogen) atoms. The van der Waals surface area contributed by atoms with E-state index in [-0.39, 0.29) is 11.7 Å². The van der Waals surface area contributed by atoms with Crippen molar-refractivity contribution in [1.82, 2.24) is 14.8 Å². The predicted octanol–water partition coefficient (Wildman–Crippen LogP) is 6.37. The summed E-state index contributed by atoms with van der Waals surface area (Å²) in [5, 5.41) is 13.3. The largest absolute Gasteiger partial charge is 0.494 e. The molecular weight excluding hydrogens is 479 g/mol. The Bertz CT molecular complexity index is 1240. The number of nitrogens with zero attached hydrogens (tertiary/aromatic N) is 3. The van der Waals surface area contributed by atoms with Crippen LogP contribution < -0.4 is 10.1 Å². The first-order valence-electron chi connectivity index (χ1n) is 10.2. The van der Waals surface area contributed by atoms with Crippen LogP contribution in [0.15, 0.2) is 78.0 Å². The van der Waals surface area contributed by atoms with Gasteiger partial charge in [-0.3, -0.25) is 9.36 Å². The first kappa shape index (κ1) is 23.2. The van der Waals surface area contributed by atoms with Gasteiger partial charge in [-0.2, -0.15) is 0 Å². The van der Waals surface area contributed by atoms with E-state index in [0.717, 1.165) is 17.0 Å². The van der Waals surface area contributed by atoms with Crippen molar-refractivity contribution in [2.75, 3.05) is 17.7 Å². The van der Waals surface area contributed by atoms with Crippen molar-refractivity contribution in [3.63, 3.8) is 0 Å². The summed E-state index contributed by atoms with van der Waals surface area (Å²) < 4.78 is 7.30. The summed E-state index contributed by atoms with van der Waals surface area (Å²) in [6, 6.07) is 22.0. The summed E-state index contributed by atoms with van der Waals surface area (Å²) in [5.74, 6) is 1.33. The third-order valence-corrected chi connectivity index (χ3v) is 6.12. The number of thioether (sulfide) groups is 1. The number of nitrogens with one attached hydrogen (secondary N) is 1. The Kier molecular flexibility index (Phi) is 7.54. The average molecular weight is 499 g/mol. The van der Waals surface area contributed by atoms with E-state index < -0.39 is 0 Å². The van der Waals surface area contributed by atoms with E-state index in [1.165, 1.54) is 11.8 Å². The van der Waals surface area contributed by atoms with Gasteiger partial charge in [0.1, 0.15) is 5.75 Å². The summed E-state index contributed by atoms with van der Waals surface area (Å²) in [4.78, 5) is 12.6. The molecule has 4 rings (SSSR count). The summed E-state index contributed by atoms with van der Waals surface area (Å²) in [7, 11) is 0. The van der Waals surface area contributed by atoms with Crippen molar-refractivity contribution >= 4 is 46.6 Å². The highest BCUT2D eigenvalue weighted by Crippen LogP contribution is 2.32. The molecule has 0 aliphatic carbocycles. The summed E-state index contributed by atoms with van der Waals surface area (Å²) >= 11 is 13.8. The van der Waals surface area contributed by atoms with E-state index in [4.69, 9.17) is 27.9 Å². The minimum absolute atomic E-state index is 0.154. The number of ether oxygens (including phenoxy) is 1. The standard InChI is InChI=1S/C24H20Cl2N4O2S/c1-2-32-19-13-9-17(10-14-19)27-22(31)15-33-24-29-28-23(20-5-3-4-6-21(20)26)30(24)18-11-7-16(25)8-12-18/h3-14H,2,15H2,1H3,(H,27,31). The summed E-state index contributed by atoms with van der Waals surface area (Å²) in [6.45, 7) is 2.51. The fourth-order valence-corrected chi connectivity index (χ4v) is 4.23. The molecule has 168 valence electrons. The molecule has 4 aromatic rings. The van der Waals surface area contributed by atoms with Crippen LogP contribution in [-0.4, -0.2) is 33.0 Å². The minimum Gasteiger partial charge on any atom is -0.494 e. The molecule has 0 spiro atoms. The smallest absolute Gasteiger partial charge is 0.234 e. The Morgan fingerprint density at radius 2 is 1.73 bits per heavy atom. The molecule has 0 fully saturated rings. The molecule has 3 aromatic carbocycles. The quantitative estimate of drug-likeness (QED) is 0.285. The Labute approximate surface area is 205 Å². The van der Waals surface area contributed by atoms with Gasteiger partial charge in [-0.1, -0.05) is 47.1 Å². The zero-order chi connectivity index (χ0) is 23.2. The van der Waals surface area contributed by atoms with Crippen molar-refractivity contribution < 1.29 is 9.53 Å². The molecule has 6 nitrogen and oxygen atoms in total. The number of benzene rings is 3. The van der Waals surface area contributed by atoms with E-state index in [2.05, 4.69) is 15.5 Å². The van der Waals surface area contributed by atoms with E-state index in [9.17, 15) is 4.79 Å². The number of rotatable bonds is 8. The highest BCUT2D eigenvalue weighted by Gasteiger charge is 2.19.